The number of ether oxygens (including phenoxy) is 2. The fourth-order valence-electron chi connectivity index (χ4n) is 1.60. The first-order valence-corrected chi connectivity index (χ1v) is 6.65. The van der Waals surface area contributed by atoms with Gasteiger partial charge in [0.15, 0.2) is 0 Å². The van der Waals surface area contributed by atoms with Gasteiger partial charge in [0.25, 0.3) is 0 Å². The average molecular weight is 308 g/mol. The van der Waals surface area contributed by atoms with E-state index >= 15 is 0 Å². The molecule has 0 radical (unpaired) electrons. The smallest absolute Gasteiger partial charge is 0.404 e. The fourth-order valence-corrected chi connectivity index (χ4v) is 1.77. The van der Waals surface area contributed by atoms with E-state index in [4.69, 9.17) is 26.2 Å². The van der Waals surface area contributed by atoms with Gasteiger partial charge in [-0.3, -0.25) is 0 Å². The van der Waals surface area contributed by atoms with E-state index in [0.29, 0.717) is 22.3 Å². The lowest BCUT2D eigenvalue weighted by atomic mass is 10.3. The minimum Gasteiger partial charge on any atom is -0.490 e. The van der Waals surface area contributed by atoms with Gasteiger partial charge >= 0.3 is 6.09 Å². The van der Waals surface area contributed by atoms with E-state index in [-0.39, 0.29) is 13.2 Å². The number of carboxylic acid groups (broad SMARTS) is 1. The van der Waals surface area contributed by atoms with Crippen LogP contribution >= 0.6 is 11.6 Å². The van der Waals surface area contributed by atoms with Crippen molar-refractivity contribution >= 4 is 17.7 Å². The molecule has 21 heavy (non-hydrogen) atoms. The Kier molecular flexibility index (Phi) is 5.29. The van der Waals surface area contributed by atoms with Crippen molar-refractivity contribution in [2.75, 3.05) is 13.2 Å². The van der Waals surface area contributed by atoms with Crippen LogP contribution in [0.5, 0.6) is 17.2 Å². The summed E-state index contributed by atoms with van der Waals surface area (Å²) in [7, 11) is 0. The molecule has 0 aliphatic rings. The zero-order valence-electron chi connectivity index (χ0n) is 11.1. The molecule has 0 bridgehead atoms. The molecule has 0 saturated carbocycles. The third-order valence-corrected chi connectivity index (χ3v) is 2.83. The van der Waals surface area contributed by atoms with Crippen LogP contribution in [0.1, 0.15) is 0 Å². The van der Waals surface area contributed by atoms with E-state index in [0.717, 1.165) is 0 Å². The number of benzene rings is 2. The van der Waals surface area contributed by atoms with E-state index < -0.39 is 6.09 Å². The number of rotatable bonds is 6. The van der Waals surface area contributed by atoms with Gasteiger partial charge in [-0.15, -0.1) is 0 Å². The minimum absolute atomic E-state index is 0.176. The molecule has 0 aliphatic heterocycles. The van der Waals surface area contributed by atoms with E-state index in [1.54, 1.807) is 18.2 Å². The number of halogens is 1. The van der Waals surface area contributed by atoms with Crippen LogP contribution in [-0.2, 0) is 0 Å². The molecular weight excluding hydrogens is 294 g/mol. The minimum atomic E-state index is -1.09. The predicted molar refractivity (Wildman–Crippen MR) is 79.5 cm³/mol. The summed E-state index contributed by atoms with van der Waals surface area (Å²) in [6.45, 7) is 0.357. The Labute approximate surface area is 127 Å². The largest absolute Gasteiger partial charge is 0.490 e. The SMILES string of the molecule is O=C(O)NCCOc1cc(Oc2ccccc2)ccc1Cl. The van der Waals surface area contributed by atoms with Crippen LogP contribution in [0.15, 0.2) is 48.5 Å². The third-order valence-electron chi connectivity index (χ3n) is 2.52. The zero-order valence-corrected chi connectivity index (χ0v) is 11.8. The molecule has 0 fully saturated rings. The molecule has 2 rings (SSSR count). The highest BCUT2D eigenvalue weighted by Gasteiger charge is 2.05. The molecule has 5 nitrogen and oxygen atoms in total. The maximum absolute atomic E-state index is 10.3. The maximum atomic E-state index is 10.3. The molecule has 2 aromatic rings. The second kappa shape index (κ2) is 7.40. The summed E-state index contributed by atoms with van der Waals surface area (Å²) in [6, 6.07) is 14.4. The van der Waals surface area contributed by atoms with Crippen molar-refractivity contribution in [2.24, 2.45) is 0 Å². The van der Waals surface area contributed by atoms with E-state index in [9.17, 15) is 4.79 Å². The first-order valence-electron chi connectivity index (χ1n) is 6.27. The van der Waals surface area contributed by atoms with Gasteiger partial charge in [0, 0.05) is 6.07 Å². The van der Waals surface area contributed by atoms with Gasteiger partial charge in [-0.25, -0.2) is 4.79 Å². The van der Waals surface area contributed by atoms with Gasteiger partial charge in [0.2, 0.25) is 0 Å². The van der Waals surface area contributed by atoms with Crippen molar-refractivity contribution in [3.8, 4) is 17.2 Å². The summed E-state index contributed by atoms with van der Waals surface area (Å²) in [6.07, 6.45) is -1.09. The molecule has 1 amide bonds. The highest BCUT2D eigenvalue weighted by Crippen LogP contribution is 2.31. The first kappa shape index (κ1) is 15.0. The molecule has 0 aliphatic carbocycles. The number of para-hydroxylation sites is 1. The van der Waals surface area contributed by atoms with Crippen LogP contribution in [0.3, 0.4) is 0 Å². The van der Waals surface area contributed by atoms with Crippen LogP contribution in [0.25, 0.3) is 0 Å². The van der Waals surface area contributed by atoms with Crippen molar-refractivity contribution in [1.82, 2.24) is 5.32 Å². The quantitative estimate of drug-likeness (QED) is 0.797. The van der Waals surface area contributed by atoms with E-state index in [1.807, 2.05) is 30.3 Å². The van der Waals surface area contributed by atoms with Gasteiger partial charge in [-0.1, -0.05) is 29.8 Å². The molecule has 0 heterocycles. The van der Waals surface area contributed by atoms with Crippen LogP contribution in [0.4, 0.5) is 4.79 Å². The Hall–Kier alpha value is -2.40. The summed E-state index contributed by atoms with van der Waals surface area (Å²) in [5.41, 5.74) is 0. The molecule has 0 unspecified atom stereocenters. The lowest BCUT2D eigenvalue weighted by Crippen LogP contribution is -2.26. The first-order chi connectivity index (χ1) is 10.1. The van der Waals surface area contributed by atoms with Gasteiger partial charge in [0.1, 0.15) is 23.9 Å². The van der Waals surface area contributed by atoms with Crippen molar-refractivity contribution in [3.05, 3.63) is 53.6 Å². The van der Waals surface area contributed by atoms with Gasteiger partial charge in [0.05, 0.1) is 11.6 Å². The number of nitrogens with one attached hydrogen (secondary N) is 1. The van der Waals surface area contributed by atoms with Crippen LogP contribution in [0, 0.1) is 0 Å². The van der Waals surface area contributed by atoms with Gasteiger partial charge in [-0.2, -0.15) is 0 Å². The second-order valence-corrected chi connectivity index (χ2v) is 4.49. The molecule has 2 N–H and O–H groups in total. The summed E-state index contributed by atoms with van der Waals surface area (Å²) in [5, 5.41) is 11.1. The standard InChI is InChI=1S/C15H14ClNO4/c16-13-7-6-12(21-11-4-2-1-3-5-11)10-14(13)20-9-8-17-15(18)19/h1-7,10,17H,8-9H2,(H,18,19). The Bertz CT molecular complexity index is 604. The van der Waals surface area contributed by atoms with Crippen molar-refractivity contribution < 1.29 is 19.4 Å². The molecule has 6 heteroatoms. The van der Waals surface area contributed by atoms with E-state index in [1.165, 1.54) is 0 Å². The monoisotopic (exact) mass is 307 g/mol. The van der Waals surface area contributed by atoms with Crippen molar-refractivity contribution in [1.29, 1.82) is 0 Å². The second-order valence-electron chi connectivity index (χ2n) is 4.09. The molecule has 0 atom stereocenters. The highest BCUT2D eigenvalue weighted by molar-refractivity contribution is 6.32. The number of hydrogen-bond acceptors (Lipinski definition) is 3. The summed E-state index contributed by atoms with van der Waals surface area (Å²) in [5.74, 6) is 1.74. The van der Waals surface area contributed by atoms with E-state index in [2.05, 4.69) is 5.32 Å². The number of carbonyl (C=O) groups is 1. The number of amides is 1. The Morgan fingerprint density at radius 2 is 1.90 bits per heavy atom. The van der Waals surface area contributed by atoms with Crippen LogP contribution in [-0.4, -0.2) is 24.4 Å². The highest BCUT2D eigenvalue weighted by atomic mass is 35.5. The maximum Gasteiger partial charge on any atom is 0.404 e. The molecular formula is C15H14ClNO4. The summed E-state index contributed by atoms with van der Waals surface area (Å²) < 4.78 is 11.1. The Balaban J connectivity index is 1.98. The summed E-state index contributed by atoms with van der Waals surface area (Å²) >= 11 is 6.02. The van der Waals surface area contributed by atoms with Crippen LogP contribution < -0.4 is 14.8 Å². The van der Waals surface area contributed by atoms with Crippen molar-refractivity contribution in [3.63, 3.8) is 0 Å². The third kappa shape index (κ3) is 4.89. The zero-order chi connectivity index (χ0) is 15.1. The summed E-state index contributed by atoms with van der Waals surface area (Å²) in [4.78, 5) is 10.3. The molecule has 0 saturated heterocycles. The average Bonchev–Trinajstić information content (AvgIpc) is 2.47. The predicted octanol–water partition coefficient (Wildman–Crippen LogP) is 3.78. The van der Waals surface area contributed by atoms with Crippen molar-refractivity contribution in [2.45, 2.75) is 0 Å². The molecule has 0 aromatic heterocycles. The fraction of sp³-hybridized carbons (Fsp3) is 0.133. The topological polar surface area (TPSA) is 67.8 Å². The van der Waals surface area contributed by atoms with Gasteiger partial charge < -0.3 is 19.9 Å². The molecule has 2 aromatic carbocycles. The lowest BCUT2D eigenvalue weighted by Gasteiger charge is -2.11. The normalized spacial score (nSPS) is 9.95. The Morgan fingerprint density at radius 1 is 1.14 bits per heavy atom. The van der Waals surface area contributed by atoms with Gasteiger partial charge in [-0.05, 0) is 24.3 Å². The molecule has 0 spiro atoms. The lowest BCUT2D eigenvalue weighted by molar-refractivity contribution is 0.191. The Morgan fingerprint density at radius 3 is 2.62 bits per heavy atom. The molecule has 110 valence electrons. The number of hydrogen-bond donors (Lipinski definition) is 2. The van der Waals surface area contributed by atoms with Crippen LogP contribution in [0.2, 0.25) is 5.02 Å².